The third-order valence-corrected chi connectivity index (χ3v) is 4.52. The quantitative estimate of drug-likeness (QED) is 0.913. The maximum Gasteiger partial charge on any atom is 0.257 e. The number of hydrogen-bond donors (Lipinski definition) is 1. The Morgan fingerprint density at radius 3 is 2.89 bits per heavy atom. The Hall–Kier alpha value is -1.14. The number of halogens is 1. The van der Waals surface area contributed by atoms with E-state index >= 15 is 0 Å². The number of carbonyl (C=O) groups excluding carboxylic acids is 1. The molecule has 4 nitrogen and oxygen atoms in total. The normalized spacial score (nSPS) is 12.4. The monoisotopic (exact) mass is 342 g/mol. The molecule has 0 fully saturated rings. The average molecular weight is 343 g/mol. The van der Waals surface area contributed by atoms with E-state index in [9.17, 15) is 4.79 Å². The van der Waals surface area contributed by atoms with Gasteiger partial charge < -0.3 is 9.84 Å². The molecule has 6 heteroatoms. The number of rotatable bonds is 4. The first-order chi connectivity index (χ1) is 9.02. The van der Waals surface area contributed by atoms with Crippen LogP contribution in [0.15, 0.2) is 20.4 Å². The van der Waals surface area contributed by atoms with Gasteiger partial charge in [-0.3, -0.25) is 4.79 Å². The van der Waals surface area contributed by atoms with Crippen molar-refractivity contribution in [1.82, 2.24) is 10.5 Å². The lowest BCUT2D eigenvalue weighted by Gasteiger charge is -2.10. The summed E-state index contributed by atoms with van der Waals surface area (Å²) >= 11 is 4.93. The Kier molecular flexibility index (Phi) is 4.42. The van der Waals surface area contributed by atoms with E-state index in [4.69, 9.17) is 4.52 Å². The van der Waals surface area contributed by atoms with Crippen molar-refractivity contribution in [3.05, 3.63) is 27.2 Å². The van der Waals surface area contributed by atoms with Gasteiger partial charge in [-0.15, -0.1) is 11.3 Å². The Labute approximate surface area is 124 Å². The summed E-state index contributed by atoms with van der Waals surface area (Å²) < 4.78 is 6.17. The number of hydrogen-bond acceptors (Lipinski definition) is 4. The van der Waals surface area contributed by atoms with Crippen LogP contribution in [0.25, 0.3) is 10.6 Å². The summed E-state index contributed by atoms with van der Waals surface area (Å²) in [6.45, 7) is 5.76. The van der Waals surface area contributed by atoms with Gasteiger partial charge in [0, 0.05) is 6.04 Å². The number of carbonyl (C=O) groups is 1. The van der Waals surface area contributed by atoms with Crippen LogP contribution >= 0.6 is 27.3 Å². The summed E-state index contributed by atoms with van der Waals surface area (Å²) in [6, 6.07) is 3.98. The Bertz CT molecular complexity index is 591. The minimum Gasteiger partial charge on any atom is -0.360 e. The molecule has 2 aromatic rings. The van der Waals surface area contributed by atoms with Crippen LogP contribution in [-0.2, 0) is 0 Å². The minimum atomic E-state index is -0.132. The van der Waals surface area contributed by atoms with Crippen LogP contribution in [0.1, 0.15) is 36.4 Å². The van der Waals surface area contributed by atoms with Crippen molar-refractivity contribution in [3.8, 4) is 10.6 Å². The number of thiophene rings is 1. The van der Waals surface area contributed by atoms with Crippen molar-refractivity contribution in [1.29, 1.82) is 0 Å². The van der Waals surface area contributed by atoms with Crippen molar-refractivity contribution in [3.63, 3.8) is 0 Å². The first-order valence-electron chi connectivity index (χ1n) is 6.05. The van der Waals surface area contributed by atoms with Gasteiger partial charge in [0.05, 0.1) is 8.66 Å². The molecule has 0 bridgehead atoms. The fraction of sp³-hybridized carbons (Fsp3) is 0.385. The molecule has 102 valence electrons. The van der Waals surface area contributed by atoms with E-state index in [2.05, 4.69) is 26.4 Å². The molecule has 2 rings (SSSR count). The Balaban J connectivity index is 2.35. The van der Waals surface area contributed by atoms with Crippen molar-refractivity contribution in [2.75, 3.05) is 0 Å². The van der Waals surface area contributed by atoms with Crippen molar-refractivity contribution in [2.45, 2.75) is 33.2 Å². The first kappa shape index (κ1) is 14.3. The van der Waals surface area contributed by atoms with Crippen LogP contribution in [0.3, 0.4) is 0 Å². The molecule has 19 heavy (non-hydrogen) atoms. The molecule has 0 saturated carbocycles. The predicted molar refractivity (Wildman–Crippen MR) is 79.5 cm³/mol. The van der Waals surface area contributed by atoms with E-state index in [-0.39, 0.29) is 11.9 Å². The smallest absolute Gasteiger partial charge is 0.257 e. The summed E-state index contributed by atoms with van der Waals surface area (Å²) in [5.74, 6) is 0.410. The van der Waals surface area contributed by atoms with Crippen LogP contribution in [0.4, 0.5) is 0 Å². The second-order valence-electron chi connectivity index (χ2n) is 4.35. The van der Waals surface area contributed by atoms with E-state index in [0.717, 1.165) is 15.1 Å². The van der Waals surface area contributed by atoms with Crippen LogP contribution in [-0.4, -0.2) is 17.1 Å². The number of amides is 1. The summed E-state index contributed by atoms with van der Waals surface area (Å²) in [6.07, 6.45) is 0.885. The van der Waals surface area contributed by atoms with Gasteiger partial charge >= 0.3 is 0 Å². The van der Waals surface area contributed by atoms with Gasteiger partial charge in [-0.2, -0.15) is 0 Å². The summed E-state index contributed by atoms with van der Waals surface area (Å²) in [4.78, 5) is 13.2. The zero-order valence-electron chi connectivity index (χ0n) is 11.0. The predicted octanol–water partition coefficient (Wildman–Crippen LogP) is 4.00. The SMILES string of the molecule is CC[C@H](C)NC(=O)c1c(-c2ccc(Br)s2)noc1C. The number of nitrogens with one attached hydrogen (secondary N) is 1. The summed E-state index contributed by atoms with van der Waals surface area (Å²) in [5, 5.41) is 6.95. The summed E-state index contributed by atoms with van der Waals surface area (Å²) in [5.41, 5.74) is 1.13. The van der Waals surface area contributed by atoms with E-state index in [1.54, 1.807) is 6.92 Å². The van der Waals surface area contributed by atoms with Gasteiger partial charge in [-0.05, 0) is 48.3 Å². The van der Waals surface area contributed by atoms with Gasteiger partial charge in [0.25, 0.3) is 5.91 Å². The van der Waals surface area contributed by atoms with Gasteiger partial charge in [0.2, 0.25) is 0 Å². The maximum absolute atomic E-state index is 12.3. The topological polar surface area (TPSA) is 55.1 Å². The van der Waals surface area contributed by atoms with E-state index < -0.39 is 0 Å². The average Bonchev–Trinajstić information content (AvgIpc) is 2.95. The fourth-order valence-corrected chi connectivity index (χ4v) is 3.02. The molecule has 0 saturated heterocycles. The second-order valence-corrected chi connectivity index (χ2v) is 6.81. The summed E-state index contributed by atoms with van der Waals surface area (Å²) in [7, 11) is 0. The fourth-order valence-electron chi connectivity index (χ4n) is 1.65. The molecule has 2 aromatic heterocycles. The Morgan fingerprint density at radius 2 is 2.32 bits per heavy atom. The molecule has 0 aromatic carbocycles. The lowest BCUT2D eigenvalue weighted by molar-refractivity contribution is 0.0938. The van der Waals surface area contributed by atoms with Crippen LogP contribution in [0.2, 0.25) is 0 Å². The third kappa shape index (κ3) is 3.06. The highest BCUT2D eigenvalue weighted by molar-refractivity contribution is 9.11. The molecular weight excluding hydrogens is 328 g/mol. The molecule has 1 N–H and O–H groups in total. The van der Waals surface area contributed by atoms with Crippen molar-refractivity contribution in [2.24, 2.45) is 0 Å². The molecule has 2 heterocycles. The van der Waals surface area contributed by atoms with Gasteiger partial charge in [0.1, 0.15) is 17.0 Å². The van der Waals surface area contributed by atoms with E-state index in [1.165, 1.54) is 11.3 Å². The van der Waals surface area contributed by atoms with Crippen LogP contribution in [0, 0.1) is 6.92 Å². The molecule has 0 radical (unpaired) electrons. The van der Waals surface area contributed by atoms with E-state index in [0.29, 0.717) is 17.0 Å². The van der Waals surface area contributed by atoms with Crippen molar-refractivity contribution < 1.29 is 9.32 Å². The molecule has 0 aliphatic heterocycles. The lowest BCUT2D eigenvalue weighted by atomic mass is 10.1. The molecule has 0 aliphatic rings. The number of aryl methyl sites for hydroxylation is 1. The molecule has 0 unspecified atom stereocenters. The van der Waals surface area contributed by atoms with Crippen LogP contribution < -0.4 is 5.32 Å². The zero-order valence-corrected chi connectivity index (χ0v) is 13.4. The molecule has 1 atom stereocenters. The standard InChI is InChI=1S/C13H15BrN2O2S/c1-4-7(2)15-13(17)11-8(3)18-16-12(11)9-5-6-10(14)19-9/h5-7H,4H2,1-3H3,(H,15,17)/t7-/m0/s1. The third-order valence-electron chi connectivity index (χ3n) is 2.89. The number of aromatic nitrogens is 1. The minimum absolute atomic E-state index is 0.129. The highest BCUT2D eigenvalue weighted by Gasteiger charge is 2.23. The highest BCUT2D eigenvalue weighted by atomic mass is 79.9. The van der Waals surface area contributed by atoms with Gasteiger partial charge in [-0.1, -0.05) is 12.1 Å². The molecule has 0 aliphatic carbocycles. The Morgan fingerprint density at radius 1 is 1.58 bits per heavy atom. The largest absolute Gasteiger partial charge is 0.360 e. The molecular formula is C13H15BrN2O2S. The van der Waals surface area contributed by atoms with Crippen molar-refractivity contribution >= 4 is 33.2 Å². The molecule has 1 amide bonds. The number of nitrogens with zero attached hydrogens (tertiary/aromatic N) is 1. The van der Waals surface area contributed by atoms with Crippen LogP contribution in [0.5, 0.6) is 0 Å². The first-order valence-corrected chi connectivity index (χ1v) is 7.66. The van der Waals surface area contributed by atoms with Gasteiger partial charge in [0.15, 0.2) is 0 Å². The lowest BCUT2D eigenvalue weighted by Crippen LogP contribution is -2.32. The van der Waals surface area contributed by atoms with E-state index in [1.807, 2.05) is 26.0 Å². The zero-order chi connectivity index (χ0) is 14.0. The highest BCUT2D eigenvalue weighted by Crippen LogP contribution is 2.33. The maximum atomic E-state index is 12.3. The second kappa shape index (κ2) is 5.88. The van der Waals surface area contributed by atoms with Gasteiger partial charge in [-0.25, -0.2) is 0 Å². The molecule has 0 spiro atoms.